The molecule has 0 amide bonds. The number of nitrogens with zero attached hydrogens (tertiary/aromatic N) is 4. The number of aromatic amines is 1. The van der Waals surface area contributed by atoms with Gasteiger partial charge in [0.15, 0.2) is 0 Å². The minimum absolute atomic E-state index is 0.181. The van der Waals surface area contributed by atoms with Gasteiger partial charge in [0.1, 0.15) is 9.84 Å². The maximum absolute atomic E-state index is 11.3. The molecule has 120 valence electrons. The van der Waals surface area contributed by atoms with Gasteiger partial charge in [-0.05, 0) is 35.9 Å². The van der Waals surface area contributed by atoms with Crippen LogP contribution in [0.1, 0.15) is 18.1 Å². The van der Waals surface area contributed by atoms with Crippen LogP contribution in [-0.4, -0.2) is 59.0 Å². The molecule has 0 atom stereocenters. The lowest BCUT2D eigenvalue weighted by Crippen LogP contribution is -2.28. The van der Waals surface area contributed by atoms with Gasteiger partial charge in [-0.15, -0.1) is 10.2 Å². The molecule has 0 aliphatic heterocycles. The number of rotatable bonds is 7. The van der Waals surface area contributed by atoms with Gasteiger partial charge in [-0.1, -0.05) is 19.1 Å². The Hall–Kier alpha value is -1.80. The number of nitrogens with one attached hydrogen (secondary N) is 1. The lowest BCUT2D eigenvalue weighted by molar-refractivity contribution is 0.296. The third-order valence-electron chi connectivity index (χ3n) is 3.57. The van der Waals surface area contributed by atoms with E-state index >= 15 is 0 Å². The fourth-order valence-corrected chi connectivity index (χ4v) is 2.77. The number of H-pyrrole nitrogens is 1. The Kier molecular flexibility index (Phi) is 5.25. The van der Waals surface area contributed by atoms with Crippen molar-refractivity contribution < 1.29 is 8.42 Å². The maximum atomic E-state index is 11.3. The molecule has 0 saturated heterocycles. The molecule has 0 aliphatic carbocycles. The van der Waals surface area contributed by atoms with Crippen LogP contribution in [0.15, 0.2) is 18.2 Å². The van der Waals surface area contributed by atoms with E-state index in [-0.39, 0.29) is 5.75 Å². The van der Waals surface area contributed by atoms with Gasteiger partial charge in [-0.2, -0.15) is 5.21 Å². The summed E-state index contributed by atoms with van der Waals surface area (Å²) in [6.07, 6.45) is 1.27. The first-order chi connectivity index (χ1) is 10.4. The molecule has 1 aromatic heterocycles. The van der Waals surface area contributed by atoms with Crippen molar-refractivity contribution in [3.05, 3.63) is 29.3 Å². The number of tetrazole rings is 1. The summed E-state index contributed by atoms with van der Waals surface area (Å²) in [6.45, 7) is 6.14. The van der Waals surface area contributed by atoms with Gasteiger partial charge in [-0.3, -0.25) is 4.90 Å². The SMILES string of the molecule is CCN(CCS(C)(=O)=O)Cc1ccc(-c2nn[nH]n2)cc1C. The molecule has 1 heterocycles. The quantitative estimate of drug-likeness (QED) is 0.818. The average molecular weight is 323 g/mol. The summed E-state index contributed by atoms with van der Waals surface area (Å²) in [5, 5.41) is 13.9. The van der Waals surface area contributed by atoms with E-state index in [1.807, 2.05) is 32.0 Å². The van der Waals surface area contributed by atoms with Gasteiger partial charge in [0.05, 0.1) is 5.75 Å². The molecule has 22 heavy (non-hydrogen) atoms. The minimum Gasteiger partial charge on any atom is -0.298 e. The smallest absolute Gasteiger partial charge is 0.204 e. The predicted molar refractivity (Wildman–Crippen MR) is 85.0 cm³/mol. The van der Waals surface area contributed by atoms with E-state index in [1.165, 1.54) is 11.8 Å². The number of sulfone groups is 1. The van der Waals surface area contributed by atoms with Gasteiger partial charge in [-0.25, -0.2) is 8.42 Å². The summed E-state index contributed by atoms with van der Waals surface area (Å²) in [5.41, 5.74) is 3.21. The molecule has 0 aliphatic rings. The highest BCUT2D eigenvalue weighted by Crippen LogP contribution is 2.19. The minimum atomic E-state index is -2.94. The summed E-state index contributed by atoms with van der Waals surface area (Å²) in [7, 11) is -2.94. The molecule has 0 bridgehead atoms. The highest BCUT2D eigenvalue weighted by Gasteiger charge is 2.11. The van der Waals surface area contributed by atoms with Crippen molar-refractivity contribution in [3.63, 3.8) is 0 Å². The molecule has 8 heteroatoms. The van der Waals surface area contributed by atoms with E-state index in [0.717, 1.165) is 24.2 Å². The molecule has 7 nitrogen and oxygen atoms in total. The van der Waals surface area contributed by atoms with Crippen LogP contribution in [-0.2, 0) is 16.4 Å². The third kappa shape index (κ3) is 4.60. The predicted octanol–water partition coefficient (Wildman–Crippen LogP) is 1.04. The fourth-order valence-electron chi connectivity index (χ4n) is 2.18. The maximum Gasteiger partial charge on any atom is 0.204 e. The zero-order chi connectivity index (χ0) is 16.2. The number of hydrogen-bond acceptors (Lipinski definition) is 6. The van der Waals surface area contributed by atoms with Crippen molar-refractivity contribution in [3.8, 4) is 11.4 Å². The van der Waals surface area contributed by atoms with Crippen LogP contribution >= 0.6 is 0 Å². The third-order valence-corrected chi connectivity index (χ3v) is 4.49. The van der Waals surface area contributed by atoms with Crippen molar-refractivity contribution in [1.82, 2.24) is 25.5 Å². The van der Waals surface area contributed by atoms with Crippen molar-refractivity contribution in [1.29, 1.82) is 0 Å². The molecule has 0 spiro atoms. The van der Waals surface area contributed by atoms with Gasteiger partial charge in [0.2, 0.25) is 5.82 Å². The van der Waals surface area contributed by atoms with E-state index in [1.54, 1.807) is 0 Å². The Balaban J connectivity index is 2.08. The molecule has 0 fully saturated rings. The Morgan fingerprint density at radius 1 is 1.32 bits per heavy atom. The molecule has 2 rings (SSSR count). The van der Waals surface area contributed by atoms with Crippen molar-refractivity contribution >= 4 is 9.84 Å². The van der Waals surface area contributed by atoms with E-state index in [4.69, 9.17) is 0 Å². The van der Waals surface area contributed by atoms with E-state index < -0.39 is 9.84 Å². The molecule has 2 aromatic rings. The van der Waals surface area contributed by atoms with Crippen LogP contribution in [0, 0.1) is 6.92 Å². The molecule has 1 aromatic carbocycles. The molecular formula is C14H21N5O2S. The standard InChI is InChI=1S/C14H21N5O2S/c1-4-19(7-8-22(3,20)21)10-13-6-5-12(9-11(13)2)14-15-17-18-16-14/h5-6,9H,4,7-8,10H2,1-3H3,(H,15,16,17,18). The number of aromatic nitrogens is 4. The zero-order valence-electron chi connectivity index (χ0n) is 13.1. The van der Waals surface area contributed by atoms with Crippen LogP contribution in [0.2, 0.25) is 0 Å². The van der Waals surface area contributed by atoms with E-state index in [2.05, 4.69) is 25.5 Å². The van der Waals surface area contributed by atoms with Crippen molar-refractivity contribution in [2.75, 3.05) is 25.1 Å². The lowest BCUT2D eigenvalue weighted by atomic mass is 10.0. The summed E-state index contributed by atoms with van der Waals surface area (Å²) in [5.74, 6) is 0.750. The number of benzene rings is 1. The molecule has 0 unspecified atom stereocenters. The van der Waals surface area contributed by atoms with Gasteiger partial charge in [0.25, 0.3) is 0 Å². The van der Waals surface area contributed by atoms with Gasteiger partial charge >= 0.3 is 0 Å². The Labute approximate surface area is 130 Å². The van der Waals surface area contributed by atoms with Crippen LogP contribution in [0.3, 0.4) is 0 Å². The van der Waals surface area contributed by atoms with Crippen LogP contribution in [0.4, 0.5) is 0 Å². The largest absolute Gasteiger partial charge is 0.298 e. The normalized spacial score (nSPS) is 12.0. The highest BCUT2D eigenvalue weighted by atomic mass is 32.2. The molecular weight excluding hydrogens is 302 g/mol. The second kappa shape index (κ2) is 6.97. The van der Waals surface area contributed by atoms with E-state index in [9.17, 15) is 8.42 Å². The number of aryl methyl sites for hydroxylation is 1. The van der Waals surface area contributed by atoms with Crippen molar-refractivity contribution in [2.45, 2.75) is 20.4 Å². The van der Waals surface area contributed by atoms with E-state index in [0.29, 0.717) is 12.4 Å². The number of hydrogen-bond donors (Lipinski definition) is 1. The second-order valence-electron chi connectivity index (χ2n) is 5.38. The first-order valence-electron chi connectivity index (χ1n) is 7.12. The first-order valence-corrected chi connectivity index (χ1v) is 9.18. The molecule has 0 radical (unpaired) electrons. The zero-order valence-corrected chi connectivity index (χ0v) is 13.9. The van der Waals surface area contributed by atoms with Gasteiger partial charge in [0, 0.05) is 24.9 Å². The Morgan fingerprint density at radius 2 is 2.09 bits per heavy atom. The summed E-state index contributed by atoms with van der Waals surface area (Å²) in [6, 6.07) is 6.01. The highest BCUT2D eigenvalue weighted by molar-refractivity contribution is 7.90. The molecule has 1 N–H and O–H groups in total. The Morgan fingerprint density at radius 3 is 2.64 bits per heavy atom. The van der Waals surface area contributed by atoms with Crippen LogP contribution in [0.25, 0.3) is 11.4 Å². The fraction of sp³-hybridized carbons (Fsp3) is 0.500. The summed E-state index contributed by atoms with van der Waals surface area (Å²) < 4.78 is 22.6. The van der Waals surface area contributed by atoms with Gasteiger partial charge < -0.3 is 0 Å². The lowest BCUT2D eigenvalue weighted by Gasteiger charge is -2.21. The van der Waals surface area contributed by atoms with Crippen LogP contribution < -0.4 is 0 Å². The monoisotopic (exact) mass is 323 g/mol. The second-order valence-corrected chi connectivity index (χ2v) is 7.64. The topological polar surface area (TPSA) is 91.8 Å². The summed E-state index contributed by atoms with van der Waals surface area (Å²) >= 11 is 0. The average Bonchev–Trinajstić information content (AvgIpc) is 2.98. The van der Waals surface area contributed by atoms with Crippen molar-refractivity contribution in [2.24, 2.45) is 0 Å². The molecule has 0 saturated carbocycles. The Bertz CT molecular complexity index is 713. The van der Waals surface area contributed by atoms with Crippen LogP contribution in [0.5, 0.6) is 0 Å². The first kappa shape index (κ1) is 16.6. The summed E-state index contributed by atoms with van der Waals surface area (Å²) in [4.78, 5) is 2.12.